The highest BCUT2D eigenvalue weighted by Gasteiger charge is 1.99. The quantitative estimate of drug-likeness (QED) is 0.369. The molecule has 0 aromatic heterocycles. The molecule has 1 aromatic carbocycles. The van der Waals surface area contributed by atoms with Gasteiger partial charge in [-0.3, -0.25) is 0 Å². The van der Waals surface area contributed by atoms with E-state index in [1.54, 1.807) is 0 Å². The smallest absolute Gasteiger partial charge is 0.0465 e. The molecule has 4 heteroatoms. The van der Waals surface area contributed by atoms with Crippen molar-refractivity contribution < 1.29 is 0 Å². The first-order valence-corrected chi connectivity index (χ1v) is 9.06. The third-order valence-electron chi connectivity index (χ3n) is 1.89. The maximum Gasteiger partial charge on any atom is 0.0465 e. The molecule has 84 valence electrons. The molecule has 0 heterocycles. The van der Waals surface area contributed by atoms with Gasteiger partial charge in [-0.05, 0) is 40.2 Å². The Hall–Kier alpha value is -0.590. The molecule has 0 saturated carbocycles. The number of benzene rings is 1. The molecule has 0 spiro atoms. The van der Waals surface area contributed by atoms with Gasteiger partial charge in [0.15, 0.2) is 0 Å². The molecular weight excluding hydrogens is 330 g/mol. The molecule has 2 N–H and O–H groups in total. The zero-order valence-corrected chi connectivity index (χ0v) is 12.4. The summed E-state index contributed by atoms with van der Waals surface area (Å²) in [5, 5.41) is 10.6. The Morgan fingerprint density at radius 3 is 2.81 bits per heavy atom. The second-order valence-corrected chi connectivity index (χ2v) is 5.65. The number of anilines is 1. The van der Waals surface area contributed by atoms with Gasteiger partial charge in [0.25, 0.3) is 0 Å². The summed E-state index contributed by atoms with van der Waals surface area (Å²) in [4.78, 5) is 0. The summed E-state index contributed by atoms with van der Waals surface area (Å²) in [7, 11) is 0. The lowest BCUT2D eigenvalue weighted by atomic mass is 10.1. The van der Waals surface area contributed by atoms with Gasteiger partial charge in [0.05, 0.1) is 0 Å². The second-order valence-electron chi connectivity index (χ2n) is 3.59. The molecule has 1 aromatic rings. The zero-order valence-electron chi connectivity index (χ0n) is 9.26. The number of nitrogens with one attached hydrogen (secondary N) is 2. The fourth-order valence-electron chi connectivity index (χ4n) is 1.15. The van der Waals surface area contributed by atoms with Crippen LogP contribution in [-0.4, -0.2) is 6.21 Å². The first-order valence-electron chi connectivity index (χ1n) is 4.95. The van der Waals surface area contributed by atoms with E-state index in [-0.39, 0.29) is 0 Å². The topological polar surface area (TPSA) is 35.9 Å². The highest BCUT2D eigenvalue weighted by Crippen LogP contribution is 2.26. The molecular formula is C12H14IN2P. The van der Waals surface area contributed by atoms with E-state index < -0.39 is 0 Å². The van der Waals surface area contributed by atoms with Crippen molar-refractivity contribution in [1.82, 2.24) is 0 Å². The predicted molar refractivity (Wildman–Crippen MR) is 82.0 cm³/mol. The van der Waals surface area contributed by atoms with E-state index in [9.17, 15) is 0 Å². The average Bonchev–Trinajstić information content (AvgIpc) is 2.28. The molecule has 1 rings (SSSR count). The van der Waals surface area contributed by atoms with Crippen molar-refractivity contribution in [1.29, 1.82) is 5.41 Å². The van der Waals surface area contributed by atoms with Gasteiger partial charge < -0.3 is 10.5 Å². The molecule has 1 atom stereocenters. The van der Waals surface area contributed by atoms with E-state index in [0.717, 1.165) is 16.8 Å². The van der Waals surface area contributed by atoms with Crippen LogP contribution in [0.25, 0.3) is 0 Å². The maximum atomic E-state index is 7.36. The van der Waals surface area contributed by atoms with Crippen molar-refractivity contribution in [2.24, 2.45) is 5.92 Å². The van der Waals surface area contributed by atoms with Gasteiger partial charge in [-0.1, -0.05) is 25.7 Å². The molecule has 2 nitrogen and oxygen atoms in total. The Balaban J connectivity index is 3.01. The lowest BCUT2D eigenvalue weighted by molar-refractivity contribution is 0.866. The highest BCUT2D eigenvalue weighted by atomic mass is 127. The Bertz CT molecular complexity index is 432. The molecule has 0 amide bonds. The van der Waals surface area contributed by atoms with E-state index >= 15 is 0 Å². The third-order valence-corrected chi connectivity index (χ3v) is 3.07. The molecule has 0 aliphatic carbocycles. The second kappa shape index (κ2) is 6.88. The zero-order chi connectivity index (χ0) is 12.0. The van der Waals surface area contributed by atoms with Crippen molar-refractivity contribution >= 4 is 40.3 Å². The van der Waals surface area contributed by atoms with Gasteiger partial charge in [-0.25, -0.2) is 0 Å². The minimum atomic E-state index is 0.372. The minimum absolute atomic E-state index is 0.372. The predicted octanol–water partition coefficient (Wildman–Crippen LogP) is 4.05. The van der Waals surface area contributed by atoms with Gasteiger partial charge in [-0.2, -0.15) is 0 Å². The van der Waals surface area contributed by atoms with Gasteiger partial charge >= 0.3 is 0 Å². The van der Waals surface area contributed by atoms with E-state index in [0.29, 0.717) is 12.3 Å². The van der Waals surface area contributed by atoms with Crippen molar-refractivity contribution in [2.45, 2.75) is 13.8 Å². The first-order chi connectivity index (χ1) is 7.67. The molecule has 0 bridgehead atoms. The van der Waals surface area contributed by atoms with Crippen molar-refractivity contribution in [3.8, 4) is 11.8 Å². The summed E-state index contributed by atoms with van der Waals surface area (Å²) in [6.45, 7) is 4.13. The SMILES string of the molecule is CC(C)C#Cc1ccc(NPI)c(C=N)c1. The largest absolute Gasteiger partial charge is 0.358 e. The molecule has 1 unspecified atom stereocenters. The third kappa shape index (κ3) is 4.11. The maximum absolute atomic E-state index is 7.36. The van der Waals surface area contributed by atoms with Crippen LogP contribution in [0.1, 0.15) is 25.0 Å². The molecule has 16 heavy (non-hydrogen) atoms. The van der Waals surface area contributed by atoms with Crippen LogP contribution in [0, 0.1) is 23.2 Å². The fraction of sp³-hybridized carbons (Fsp3) is 0.250. The van der Waals surface area contributed by atoms with Crippen LogP contribution >= 0.6 is 28.4 Å². The molecule has 0 saturated heterocycles. The van der Waals surface area contributed by atoms with Crippen molar-refractivity contribution in [3.05, 3.63) is 29.3 Å². The van der Waals surface area contributed by atoms with Gasteiger partial charge in [-0.15, -0.1) is 0 Å². The summed E-state index contributed by atoms with van der Waals surface area (Å²) in [6.07, 6.45) is 1.97. The number of halogens is 1. The molecule has 0 radical (unpaired) electrons. The minimum Gasteiger partial charge on any atom is -0.358 e. The number of rotatable bonds is 3. The van der Waals surface area contributed by atoms with Crippen LogP contribution < -0.4 is 5.09 Å². The summed E-state index contributed by atoms with van der Waals surface area (Å²) in [5.41, 5.74) is 2.85. The number of hydrogen-bond donors (Lipinski definition) is 2. The van der Waals surface area contributed by atoms with E-state index in [2.05, 4.69) is 52.8 Å². The summed E-state index contributed by atoms with van der Waals surface area (Å²) in [5.74, 6) is 6.60. The standard InChI is InChI=1S/C12H14IN2P/c1-9(2)3-4-10-5-6-12(15-16-13)11(7-10)8-14/h5-9,14-16H,1-2H3. The van der Waals surface area contributed by atoms with Crippen molar-refractivity contribution in [3.63, 3.8) is 0 Å². The van der Waals surface area contributed by atoms with Gasteiger partial charge in [0, 0.05) is 35.3 Å². The van der Waals surface area contributed by atoms with Crippen molar-refractivity contribution in [2.75, 3.05) is 5.09 Å². The van der Waals surface area contributed by atoms with Crippen LogP contribution in [0.3, 0.4) is 0 Å². The van der Waals surface area contributed by atoms with Gasteiger partial charge in [0.1, 0.15) is 0 Å². The van der Waals surface area contributed by atoms with Crippen LogP contribution in [0.5, 0.6) is 0 Å². The van der Waals surface area contributed by atoms with E-state index in [4.69, 9.17) is 5.41 Å². The Morgan fingerprint density at radius 2 is 2.25 bits per heavy atom. The Labute approximate surface area is 111 Å². The molecule has 0 aliphatic heterocycles. The monoisotopic (exact) mass is 344 g/mol. The van der Waals surface area contributed by atoms with E-state index in [1.807, 2.05) is 18.2 Å². The lowest BCUT2D eigenvalue weighted by Crippen LogP contribution is -1.91. The summed E-state index contributed by atoms with van der Waals surface area (Å²) in [6, 6.07) is 5.92. The molecule has 0 aliphatic rings. The summed E-state index contributed by atoms with van der Waals surface area (Å²) < 4.78 is 0. The Morgan fingerprint density at radius 1 is 1.50 bits per heavy atom. The average molecular weight is 344 g/mol. The van der Waals surface area contributed by atoms with Crippen LogP contribution in [-0.2, 0) is 0 Å². The van der Waals surface area contributed by atoms with Crippen LogP contribution in [0.2, 0.25) is 0 Å². The molecule has 0 fully saturated rings. The summed E-state index contributed by atoms with van der Waals surface area (Å²) >= 11 is 2.27. The van der Waals surface area contributed by atoms with E-state index in [1.165, 1.54) is 6.21 Å². The fourth-order valence-corrected chi connectivity index (χ4v) is 2.35. The first kappa shape index (κ1) is 13.5. The highest BCUT2D eigenvalue weighted by molar-refractivity contribution is 14.2. The lowest BCUT2D eigenvalue weighted by Gasteiger charge is -2.06. The number of hydrogen-bond acceptors (Lipinski definition) is 2. The normalized spacial score (nSPS) is 10.2. The van der Waals surface area contributed by atoms with Crippen LogP contribution in [0.4, 0.5) is 5.69 Å². The van der Waals surface area contributed by atoms with Gasteiger partial charge in [0.2, 0.25) is 0 Å². The Kier molecular flexibility index (Phi) is 5.79. The van der Waals surface area contributed by atoms with Crippen LogP contribution in [0.15, 0.2) is 18.2 Å².